The van der Waals surface area contributed by atoms with E-state index in [0.29, 0.717) is 12.1 Å². The number of nitrogens with zero attached hydrogens (tertiary/aromatic N) is 2. The third kappa shape index (κ3) is 3.70. The Morgan fingerprint density at radius 2 is 2.32 bits per heavy atom. The summed E-state index contributed by atoms with van der Waals surface area (Å²) in [5.41, 5.74) is 5.39. The van der Waals surface area contributed by atoms with Crippen molar-refractivity contribution < 1.29 is 14.3 Å². The van der Waals surface area contributed by atoms with Gasteiger partial charge >= 0.3 is 6.09 Å². The molecule has 2 amide bonds. The summed E-state index contributed by atoms with van der Waals surface area (Å²) in [6, 6.07) is -0.00685. The maximum Gasteiger partial charge on any atom is 0.404 e. The van der Waals surface area contributed by atoms with Crippen LogP contribution < -0.4 is 11.1 Å². The molecule has 0 spiro atoms. The van der Waals surface area contributed by atoms with Crippen LogP contribution in [0, 0.1) is 0 Å². The van der Waals surface area contributed by atoms with E-state index in [1.807, 2.05) is 0 Å². The van der Waals surface area contributed by atoms with Crippen LogP contribution in [0.5, 0.6) is 0 Å². The molecule has 3 N–H and O–H groups in total. The van der Waals surface area contributed by atoms with Crippen molar-refractivity contribution in [1.29, 1.82) is 0 Å². The number of nitrogens with two attached hydrogens (primary N) is 1. The molecular formula is C12H18N4O3. The predicted octanol–water partition coefficient (Wildman–Crippen LogP) is 0.556. The molecule has 0 aliphatic heterocycles. The molecule has 1 aliphatic rings. The van der Waals surface area contributed by atoms with Crippen molar-refractivity contribution in [2.75, 3.05) is 0 Å². The molecule has 0 saturated heterocycles. The number of hydrogen-bond acceptors (Lipinski definition) is 4. The van der Waals surface area contributed by atoms with Crippen molar-refractivity contribution >= 4 is 12.0 Å². The average molecular weight is 266 g/mol. The molecule has 1 fully saturated rings. The smallest absolute Gasteiger partial charge is 0.404 e. The molecule has 7 nitrogen and oxygen atoms in total. The Bertz CT molecular complexity index is 471. The van der Waals surface area contributed by atoms with E-state index in [0.717, 1.165) is 19.3 Å². The van der Waals surface area contributed by atoms with Gasteiger partial charge in [0.1, 0.15) is 11.8 Å². The second-order valence-corrected chi connectivity index (χ2v) is 4.82. The topological polar surface area (TPSA) is 99.2 Å². The Morgan fingerprint density at radius 1 is 1.53 bits per heavy atom. The Balaban J connectivity index is 1.88. The molecule has 1 aromatic rings. The van der Waals surface area contributed by atoms with Gasteiger partial charge in [-0.05, 0) is 19.3 Å². The first-order valence-electron chi connectivity index (χ1n) is 6.29. The summed E-state index contributed by atoms with van der Waals surface area (Å²) in [7, 11) is 1.81. The number of primary amides is 1. The van der Waals surface area contributed by atoms with Crippen molar-refractivity contribution in [3.63, 3.8) is 0 Å². The van der Waals surface area contributed by atoms with Gasteiger partial charge in [0.25, 0.3) is 5.91 Å². The average Bonchev–Trinajstić information content (AvgIpc) is 2.75. The molecule has 104 valence electrons. The maximum absolute atomic E-state index is 11.9. The lowest BCUT2D eigenvalue weighted by atomic mass is 9.93. The number of amides is 2. The lowest BCUT2D eigenvalue weighted by molar-refractivity contribution is 0.0687. The fraction of sp³-hybridized carbons (Fsp3) is 0.583. The Labute approximate surface area is 111 Å². The van der Waals surface area contributed by atoms with E-state index in [4.69, 9.17) is 10.5 Å². The minimum atomic E-state index is -0.762. The van der Waals surface area contributed by atoms with Gasteiger partial charge in [-0.25, -0.2) is 9.78 Å². The predicted molar refractivity (Wildman–Crippen MR) is 67.4 cm³/mol. The van der Waals surface area contributed by atoms with Crippen molar-refractivity contribution in [2.45, 2.75) is 37.8 Å². The number of nitrogens with one attached hydrogen (secondary N) is 1. The molecule has 0 aromatic carbocycles. The van der Waals surface area contributed by atoms with Gasteiger partial charge in [0.15, 0.2) is 0 Å². The van der Waals surface area contributed by atoms with Crippen LogP contribution in [0.1, 0.15) is 36.2 Å². The highest BCUT2D eigenvalue weighted by molar-refractivity contribution is 5.92. The third-order valence-electron chi connectivity index (χ3n) is 3.18. The number of hydrogen-bond donors (Lipinski definition) is 2. The van der Waals surface area contributed by atoms with Gasteiger partial charge in [-0.1, -0.05) is 0 Å². The molecule has 2 atom stereocenters. The van der Waals surface area contributed by atoms with Crippen LogP contribution in [0.15, 0.2) is 12.5 Å². The molecule has 0 radical (unpaired) electrons. The largest absolute Gasteiger partial charge is 0.446 e. The first-order chi connectivity index (χ1) is 9.04. The third-order valence-corrected chi connectivity index (χ3v) is 3.18. The quantitative estimate of drug-likeness (QED) is 0.834. The fourth-order valence-electron chi connectivity index (χ4n) is 2.34. The summed E-state index contributed by atoms with van der Waals surface area (Å²) in [6.45, 7) is 0. The molecule has 19 heavy (non-hydrogen) atoms. The summed E-state index contributed by atoms with van der Waals surface area (Å²) >= 11 is 0. The summed E-state index contributed by atoms with van der Waals surface area (Å²) in [4.78, 5) is 26.7. The molecular weight excluding hydrogens is 248 g/mol. The van der Waals surface area contributed by atoms with Gasteiger partial charge in [0.05, 0.1) is 6.33 Å². The number of imidazole rings is 1. The maximum atomic E-state index is 11.9. The first kappa shape index (κ1) is 13.4. The van der Waals surface area contributed by atoms with Crippen LogP contribution >= 0.6 is 0 Å². The van der Waals surface area contributed by atoms with E-state index < -0.39 is 6.09 Å². The number of carbonyl (C=O) groups excluding carboxylic acids is 2. The van der Waals surface area contributed by atoms with Crippen molar-refractivity contribution in [2.24, 2.45) is 12.8 Å². The van der Waals surface area contributed by atoms with Gasteiger partial charge < -0.3 is 20.4 Å². The Morgan fingerprint density at radius 3 is 2.95 bits per heavy atom. The zero-order valence-electron chi connectivity index (χ0n) is 10.8. The normalized spacial score (nSPS) is 22.8. The summed E-state index contributed by atoms with van der Waals surface area (Å²) in [6.07, 6.45) is 5.43. The van der Waals surface area contributed by atoms with Gasteiger partial charge in [0.2, 0.25) is 0 Å². The number of carbonyl (C=O) groups is 2. The fourth-order valence-corrected chi connectivity index (χ4v) is 2.34. The van der Waals surface area contributed by atoms with Crippen LogP contribution in [-0.2, 0) is 11.8 Å². The lowest BCUT2D eigenvalue weighted by Gasteiger charge is -2.28. The SMILES string of the molecule is Cn1cnc(C(=O)N[C@@H]2CCC[C@H](OC(N)=O)C2)c1. The number of aryl methyl sites for hydroxylation is 1. The standard InChI is InChI=1S/C12H18N4O3/c1-16-6-10(14-7-16)11(17)15-8-3-2-4-9(5-8)19-12(13)18/h6-9H,2-5H2,1H3,(H2,13,18)(H,15,17)/t8-,9+/m1/s1. The molecule has 1 heterocycles. The molecule has 1 saturated carbocycles. The van der Waals surface area contributed by atoms with Crippen LogP contribution in [0.4, 0.5) is 4.79 Å². The second-order valence-electron chi connectivity index (χ2n) is 4.82. The summed E-state index contributed by atoms with van der Waals surface area (Å²) in [5, 5.41) is 2.90. The van der Waals surface area contributed by atoms with Crippen molar-refractivity contribution in [3.8, 4) is 0 Å². The molecule has 1 aromatic heterocycles. The second kappa shape index (κ2) is 5.73. The molecule has 0 bridgehead atoms. The van der Waals surface area contributed by atoms with E-state index in [1.165, 1.54) is 0 Å². The minimum absolute atomic E-state index is 0.00685. The summed E-state index contributed by atoms with van der Waals surface area (Å²) in [5.74, 6) is -0.203. The number of ether oxygens (including phenoxy) is 1. The van der Waals surface area contributed by atoms with E-state index in [-0.39, 0.29) is 18.1 Å². The first-order valence-corrected chi connectivity index (χ1v) is 6.29. The van der Waals surface area contributed by atoms with E-state index in [9.17, 15) is 9.59 Å². The van der Waals surface area contributed by atoms with Crippen LogP contribution in [-0.4, -0.2) is 33.7 Å². The molecule has 7 heteroatoms. The zero-order valence-corrected chi connectivity index (χ0v) is 10.8. The van der Waals surface area contributed by atoms with Gasteiger partial charge in [-0.15, -0.1) is 0 Å². The number of rotatable bonds is 3. The molecule has 2 rings (SSSR count). The lowest BCUT2D eigenvalue weighted by Crippen LogP contribution is -2.41. The van der Waals surface area contributed by atoms with Gasteiger partial charge in [-0.2, -0.15) is 0 Å². The van der Waals surface area contributed by atoms with Gasteiger partial charge in [0, 0.05) is 25.7 Å². The van der Waals surface area contributed by atoms with Crippen molar-refractivity contribution in [3.05, 3.63) is 18.2 Å². The highest BCUT2D eigenvalue weighted by Gasteiger charge is 2.26. The monoisotopic (exact) mass is 266 g/mol. The van der Waals surface area contributed by atoms with E-state index in [1.54, 1.807) is 24.1 Å². The summed E-state index contributed by atoms with van der Waals surface area (Å²) < 4.78 is 6.70. The molecule has 1 aliphatic carbocycles. The van der Waals surface area contributed by atoms with Crippen LogP contribution in [0.25, 0.3) is 0 Å². The highest BCUT2D eigenvalue weighted by atomic mass is 16.6. The van der Waals surface area contributed by atoms with Crippen molar-refractivity contribution in [1.82, 2.24) is 14.9 Å². The Kier molecular flexibility index (Phi) is 4.03. The van der Waals surface area contributed by atoms with Crippen LogP contribution in [0.3, 0.4) is 0 Å². The van der Waals surface area contributed by atoms with E-state index in [2.05, 4.69) is 10.3 Å². The van der Waals surface area contributed by atoms with Crippen LogP contribution in [0.2, 0.25) is 0 Å². The molecule has 0 unspecified atom stereocenters. The number of aromatic nitrogens is 2. The minimum Gasteiger partial charge on any atom is -0.446 e. The Hall–Kier alpha value is -2.05. The van der Waals surface area contributed by atoms with E-state index >= 15 is 0 Å². The zero-order chi connectivity index (χ0) is 13.8. The highest BCUT2D eigenvalue weighted by Crippen LogP contribution is 2.21. The van der Waals surface area contributed by atoms with Gasteiger partial charge in [-0.3, -0.25) is 4.79 Å².